The van der Waals surface area contributed by atoms with E-state index in [9.17, 15) is 19.2 Å². The van der Waals surface area contributed by atoms with Gasteiger partial charge in [0.2, 0.25) is 5.91 Å². The van der Waals surface area contributed by atoms with E-state index in [1.54, 1.807) is 6.92 Å². The monoisotopic (exact) mass is 283 g/mol. The molecule has 110 valence electrons. The summed E-state index contributed by atoms with van der Waals surface area (Å²) in [6.07, 6.45) is 2.13. The van der Waals surface area contributed by atoms with E-state index in [2.05, 4.69) is 5.32 Å². The Balaban J connectivity index is 2.81. The lowest BCUT2D eigenvalue weighted by molar-refractivity contribution is -0.142. The van der Waals surface area contributed by atoms with Gasteiger partial charge >= 0.3 is 11.7 Å². The maximum atomic E-state index is 11.7. The number of aromatic nitrogens is 2. The average Bonchev–Trinajstić information content (AvgIpc) is 2.39. The molecular weight excluding hydrogens is 266 g/mol. The summed E-state index contributed by atoms with van der Waals surface area (Å²) in [5.74, 6) is -1.71. The molecule has 1 atom stereocenters. The summed E-state index contributed by atoms with van der Waals surface area (Å²) in [6.45, 7) is 1.47. The van der Waals surface area contributed by atoms with E-state index in [0.717, 1.165) is 15.2 Å². The van der Waals surface area contributed by atoms with E-state index in [4.69, 9.17) is 5.11 Å². The van der Waals surface area contributed by atoms with Crippen LogP contribution in [0.2, 0.25) is 0 Å². The van der Waals surface area contributed by atoms with Crippen molar-refractivity contribution in [2.45, 2.75) is 32.4 Å². The van der Waals surface area contributed by atoms with Gasteiger partial charge in [-0.15, -0.1) is 0 Å². The summed E-state index contributed by atoms with van der Waals surface area (Å²) < 4.78 is 1.91. The topological polar surface area (TPSA) is 110 Å². The molecule has 0 aliphatic carbocycles. The van der Waals surface area contributed by atoms with Gasteiger partial charge in [-0.05, 0) is 6.42 Å². The zero-order valence-corrected chi connectivity index (χ0v) is 11.3. The van der Waals surface area contributed by atoms with Crippen molar-refractivity contribution in [1.29, 1.82) is 0 Å². The Kier molecular flexibility index (Phi) is 5.24. The highest BCUT2D eigenvalue weighted by Crippen LogP contribution is 1.97. The molecule has 0 aliphatic rings. The van der Waals surface area contributed by atoms with Gasteiger partial charge in [0.05, 0.1) is 0 Å². The molecule has 1 aromatic rings. The molecule has 1 rings (SSSR count). The van der Waals surface area contributed by atoms with E-state index in [-0.39, 0.29) is 6.54 Å². The van der Waals surface area contributed by atoms with Crippen molar-refractivity contribution in [2.75, 3.05) is 0 Å². The van der Waals surface area contributed by atoms with Crippen molar-refractivity contribution < 1.29 is 14.7 Å². The number of carboxylic acids is 1. The SMILES string of the molecule is CCC[C@@H](NC(=O)Cn1ccc(=O)n(C)c1=O)C(=O)O. The van der Waals surface area contributed by atoms with Gasteiger partial charge in [-0.1, -0.05) is 13.3 Å². The normalized spacial score (nSPS) is 11.9. The quantitative estimate of drug-likeness (QED) is 0.689. The Morgan fingerprint density at radius 2 is 2.05 bits per heavy atom. The highest BCUT2D eigenvalue weighted by Gasteiger charge is 2.19. The minimum absolute atomic E-state index is 0.309. The molecule has 0 spiro atoms. The molecule has 1 heterocycles. The van der Waals surface area contributed by atoms with Crippen LogP contribution in [0.25, 0.3) is 0 Å². The van der Waals surface area contributed by atoms with Crippen LogP contribution in [0.5, 0.6) is 0 Å². The molecule has 0 bridgehead atoms. The standard InChI is InChI=1S/C12H17N3O5/c1-3-4-8(11(18)19)13-9(16)7-15-6-5-10(17)14(2)12(15)20/h5-6,8H,3-4,7H2,1-2H3,(H,13,16)(H,18,19)/t8-/m1/s1. The second kappa shape index (κ2) is 6.69. The lowest BCUT2D eigenvalue weighted by Gasteiger charge is -2.14. The van der Waals surface area contributed by atoms with Gasteiger partial charge in [-0.25, -0.2) is 9.59 Å². The molecule has 1 aromatic heterocycles. The molecule has 1 amide bonds. The molecule has 0 radical (unpaired) electrons. The number of nitrogens with one attached hydrogen (secondary N) is 1. The molecular formula is C12H17N3O5. The summed E-state index contributed by atoms with van der Waals surface area (Å²) in [6, 6.07) is 0.186. The van der Waals surface area contributed by atoms with Gasteiger partial charge < -0.3 is 10.4 Å². The summed E-state index contributed by atoms with van der Waals surface area (Å²) >= 11 is 0. The second-order valence-corrected chi connectivity index (χ2v) is 4.37. The highest BCUT2D eigenvalue weighted by molar-refractivity contribution is 5.83. The number of carbonyl (C=O) groups is 2. The van der Waals surface area contributed by atoms with Crippen molar-refractivity contribution in [3.8, 4) is 0 Å². The third-order valence-corrected chi connectivity index (χ3v) is 2.78. The minimum atomic E-state index is -1.12. The van der Waals surface area contributed by atoms with Gasteiger partial charge in [-0.3, -0.25) is 18.7 Å². The van der Waals surface area contributed by atoms with Crippen LogP contribution in [-0.2, 0) is 23.2 Å². The molecule has 0 saturated heterocycles. The number of amides is 1. The molecule has 8 heteroatoms. The maximum Gasteiger partial charge on any atom is 0.331 e. The van der Waals surface area contributed by atoms with Crippen LogP contribution >= 0.6 is 0 Å². The summed E-state index contributed by atoms with van der Waals surface area (Å²) in [5.41, 5.74) is -1.10. The highest BCUT2D eigenvalue weighted by atomic mass is 16.4. The summed E-state index contributed by atoms with van der Waals surface area (Å²) in [7, 11) is 1.30. The number of rotatable bonds is 6. The van der Waals surface area contributed by atoms with Gasteiger partial charge in [0.1, 0.15) is 12.6 Å². The van der Waals surface area contributed by atoms with E-state index < -0.39 is 29.2 Å². The lowest BCUT2D eigenvalue weighted by atomic mass is 10.1. The van der Waals surface area contributed by atoms with Gasteiger partial charge in [0.15, 0.2) is 0 Å². The first-order chi connectivity index (χ1) is 9.36. The summed E-state index contributed by atoms with van der Waals surface area (Å²) in [4.78, 5) is 45.5. The first kappa shape index (κ1) is 15.7. The van der Waals surface area contributed by atoms with Crippen molar-refractivity contribution >= 4 is 11.9 Å². The van der Waals surface area contributed by atoms with Crippen LogP contribution < -0.4 is 16.6 Å². The Morgan fingerprint density at radius 3 is 2.60 bits per heavy atom. The second-order valence-electron chi connectivity index (χ2n) is 4.37. The number of nitrogens with zero attached hydrogens (tertiary/aromatic N) is 2. The molecule has 0 saturated carbocycles. The van der Waals surface area contributed by atoms with Crippen LogP contribution in [0.1, 0.15) is 19.8 Å². The van der Waals surface area contributed by atoms with Crippen LogP contribution in [0.15, 0.2) is 21.9 Å². The van der Waals surface area contributed by atoms with Crippen LogP contribution in [0, 0.1) is 0 Å². The van der Waals surface area contributed by atoms with Crippen molar-refractivity contribution in [3.05, 3.63) is 33.1 Å². The number of hydrogen-bond donors (Lipinski definition) is 2. The predicted octanol–water partition coefficient (Wildman–Crippen LogP) is -1.08. The third kappa shape index (κ3) is 3.81. The third-order valence-electron chi connectivity index (χ3n) is 2.78. The zero-order valence-electron chi connectivity index (χ0n) is 11.3. The fourth-order valence-electron chi connectivity index (χ4n) is 1.68. The molecule has 8 nitrogen and oxygen atoms in total. The molecule has 0 unspecified atom stereocenters. The van der Waals surface area contributed by atoms with Crippen LogP contribution in [0.4, 0.5) is 0 Å². The molecule has 20 heavy (non-hydrogen) atoms. The van der Waals surface area contributed by atoms with E-state index in [0.29, 0.717) is 12.8 Å². The fourth-order valence-corrected chi connectivity index (χ4v) is 1.68. The average molecular weight is 283 g/mol. The first-order valence-electron chi connectivity index (χ1n) is 6.15. The zero-order chi connectivity index (χ0) is 15.3. The number of hydrogen-bond acceptors (Lipinski definition) is 4. The fraction of sp³-hybridized carbons (Fsp3) is 0.500. The van der Waals surface area contributed by atoms with Crippen molar-refractivity contribution in [2.24, 2.45) is 7.05 Å². The largest absolute Gasteiger partial charge is 0.480 e. The lowest BCUT2D eigenvalue weighted by Crippen LogP contribution is -2.45. The van der Waals surface area contributed by atoms with E-state index >= 15 is 0 Å². The van der Waals surface area contributed by atoms with Crippen LogP contribution in [0.3, 0.4) is 0 Å². The summed E-state index contributed by atoms with van der Waals surface area (Å²) in [5, 5.41) is 11.3. The number of aliphatic carboxylic acids is 1. The molecule has 0 fully saturated rings. The van der Waals surface area contributed by atoms with Crippen LogP contribution in [-0.4, -0.2) is 32.2 Å². The minimum Gasteiger partial charge on any atom is -0.480 e. The van der Waals surface area contributed by atoms with Crippen molar-refractivity contribution in [1.82, 2.24) is 14.5 Å². The predicted molar refractivity (Wildman–Crippen MR) is 70.4 cm³/mol. The molecule has 2 N–H and O–H groups in total. The van der Waals surface area contributed by atoms with Gasteiger partial charge in [0, 0.05) is 19.3 Å². The Bertz CT molecular complexity index is 616. The smallest absolute Gasteiger partial charge is 0.331 e. The van der Waals surface area contributed by atoms with Gasteiger partial charge in [0.25, 0.3) is 5.56 Å². The molecule has 0 aliphatic heterocycles. The number of carbonyl (C=O) groups excluding carboxylic acids is 1. The molecule has 0 aromatic carbocycles. The van der Waals surface area contributed by atoms with Crippen molar-refractivity contribution in [3.63, 3.8) is 0 Å². The Morgan fingerprint density at radius 1 is 1.40 bits per heavy atom. The van der Waals surface area contributed by atoms with E-state index in [1.165, 1.54) is 13.2 Å². The Labute approximate surface area is 114 Å². The maximum absolute atomic E-state index is 11.7. The van der Waals surface area contributed by atoms with E-state index in [1.807, 2.05) is 0 Å². The number of carboxylic acid groups (broad SMARTS) is 1. The Hall–Kier alpha value is -2.38. The van der Waals surface area contributed by atoms with Gasteiger partial charge in [-0.2, -0.15) is 0 Å². The first-order valence-corrected chi connectivity index (χ1v) is 6.15.